The summed E-state index contributed by atoms with van der Waals surface area (Å²) in [6.07, 6.45) is 1.93. The molecule has 0 aromatic heterocycles. The molecule has 0 spiro atoms. The molecule has 1 aromatic rings. The fourth-order valence-electron chi connectivity index (χ4n) is 8.81. The van der Waals surface area contributed by atoms with Crippen molar-refractivity contribution in [2.45, 2.75) is 141 Å². The number of aromatic hydroxyl groups is 1. The second-order valence-corrected chi connectivity index (χ2v) is 23.1. The van der Waals surface area contributed by atoms with Crippen LogP contribution >= 0.6 is 0 Å². The number of nitrogens with two attached hydrogens (primary N) is 7. The summed E-state index contributed by atoms with van der Waals surface area (Å²) >= 11 is 0. The highest BCUT2D eigenvalue weighted by molar-refractivity contribution is 5.98. The first-order chi connectivity index (χ1) is 46.8. The van der Waals surface area contributed by atoms with Gasteiger partial charge in [-0.3, -0.25) is 77.1 Å². The van der Waals surface area contributed by atoms with Crippen LogP contribution in [0.2, 0.25) is 0 Å². The first-order valence-electron chi connectivity index (χ1n) is 32.0. The van der Waals surface area contributed by atoms with Crippen LogP contribution in [-0.4, -0.2) is 232 Å². The van der Waals surface area contributed by atoms with Crippen LogP contribution in [0.1, 0.15) is 97.5 Å². The molecule has 0 saturated carbocycles. The predicted octanol–water partition coefficient (Wildman–Crippen LogP) is -10.1. The quantitative estimate of drug-likeness (QED) is 0.0164. The zero-order chi connectivity index (χ0) is 74.6. The second kappa shape index (κ2) is 48.2. The number of carbonyl (C=O) groups is 15. The van der Waals surface area contributed by atoms with Crippen molar-refractivity contribution >= 4 is 101 Å². The maximum absolute atomic E-state index is 13.9. The van der Waals surface area contributed by atoms with Gasteiger partial charge in [-0.05, 0) is 107 Å². The highest BCUT2D eigenvalue weighted by Gasteiger charge is 2.33. The molecule has 7 atom stereocenters. The number of unbranched alkanes of at least 4 members (excludes halogenated alkanes) is 2. The van der Waals surface area contributed by atoms with Crippen molar-refractivity contribution in [1.29, 1.82) is 0 Å². The van der Waals surface area contributed by atoms with E-state index in [9.17, 15) is 82.1 Å². The van der Waals surface area contributed by atoms with Gasteiger partial charge < -0.3 is 125 Å². The van der Waals surface area contributed by atoms with Gasteiger partial charge in [-0.15, -0.1) is 0 Å². The molecule has 14 amide bonds. The highest BCUT2D eigenvalue weighted by Crippen LogP contribution is 2.13. The highest BCUT2D eigenvalue weighted by atomic mass is 16.4. The van der Waals surface area contributed by atoms with E-state index in [0.717, 1.165) is 0 Å². The van der Waals surface area contributed by atoms with Crippen molar-refractivity contribution in [2.24, 2.45) is 62.0 Å². The molecule has 30 N–H and O–H groups in total. The van der Waals surface area contributed by atoms with Gasteiger partial charge >= 0.3 is 5.97 Å². The molecule has 40 nitrogen and oxygen atoms in total. The van der Waals surface area contributed by atoms with Crippen molar-refractivity contribution in [3.63, 3.8) is 0 Å². The Bertz CT molecular complexity index is 2930. The summed E-state index contributed by atoms with van der Waals surface area (Å²) < 4.78 is 0. The van der Waals surface area contributed by atoms with Gasteiger partial charge in [0, 0.05) is 19.5 Å². The van der Waals surface area contributed by atoms with E-state index >= 15 is 0 Å². The number of hydrogen-bond acceptors (Lipinski definition) is 21. The third kappa shape index (κ3) is 38.7. The van der Waals surface area contributed by atoms with Gasteiger partial charge in [0.1, 0.15) is 48.0 Å². The molecule has 0 unspecified atom stereocenters. The normalized spacial score (nSPS) is 12.9. The predicted molar refractivity (Wildman–Crippen MR) is 358 cm³/mol. The van der Waals surface area contributed by atoms with E-state index in [1.807, 2.05) is 0 Å². The molecule has 0 bridgehead atoms. The minimum absolute atomic E-state index is 0.0157. The summed E-state index contributed by atoms with van der Waals surface area (Å²) in [5.41, 5.74) is 38.4. The number of amides is 14. The molecular formula is C59H101N23O17. The Kier molecular flexibility index (Phi) is 42.1. The Labute approximate surface area is 572 Å². The molecule has 1 aromatic carbocycles. The minimum Gasteiger partial charge on any atom is -0.508 e. The molecule has 40 heteroatoms. The molecule has 0 aliphatic rings. The lowest BCUT2D eigenvalue weighted by atomic mass is 10.0. The number of phenols is 1. The molecule has 0 fully saturated rings. The Morgan fingerprint density at radius 2 is 0.687 bits per heavy atom. The molecule has 0 radical (unpaired) electrons. The summed E-state index contributed by atoms with van der Waals surface area (Å²) in [7, 11) is 0. The molecule has 99 heavy (non-hydrogen) atoms. The molecule has 0 aliphatic carbocycles. The maximum Gasteiger partial charge on any atom is 0.326 e. The van der Waals surface area contributed by atoms with Crippen LogP contribution in [-0.2, 0) is 78.3 Å². The molecule has 554 valence electrons. The second-order valence-electron chi connectivity index (χ2n) is 23.1. The fourth-order valence-corrected chi connectivity index (χ4v) is 8.81. The smallest absolute Gasteiger partial charge is 0.326 e. The van der Waals surface area contributed by atoms with Crippen LogP contribution in [0.15, 0.2) is 34.3 Å². The number of guanidine groups is 2. The van der Waals surface area contributed by atoms with E-state index in [1.165, 1.54) is 24.3 Å². The summed E-state index contributed by atoms with van der Waals surface area (Å²) in [6, 6.07) is -3.47. The first kappa shape index (κ1) is 86.5. The van der Waals surface area contributed by atoms with Gasteiger partial charge in [0.15, 0.2) is 11.9 Å². The number of carbonyl (C=O) groups excluding carboxylic acids is 14. The number of phenolic OH excluding ortho intramolecular Hbond substituents is 1. The Balaban J connectivity index is 3.04. The van der Waals surface area contributed by atoms with E-state index in [1.54, 1.807) is 27.7 Å². The molecular weight excluding hydrogens is 1300 g/mol. The van der Waals surface area contributed by atoms with Gasteiger partial charge in [-0.25, -0.2) is 4.79 Å². The van der Waals surface area contributed by atoms with Crippen LogP contribution in [0.5, 0.6) is 5.75 Å². The maximum atomic E-state index is 13.9. The summed E-state index contributed by atoms with van der Waals surface area (Å²) in [4.78, 5) is 203. The van der Waals surface area contributed by atoms with Crippen molar-refractivity contribution in [1.82, 2.24) is 74.4 Å². The third-order valence-corrected chi connectivity index (χ3v) is 14.1. The molecule has 1 rings (SSSR count). The lowest BCUT2D eigenvalue weighted by molar-refractivity contribution is -0.142. The van der Waals surface area contributed by atoms with Crippen LogP contribution in [0.4, 0.5) is 0 Å². The van der Waals surface area contributed by atoms with Crippen molar-refractivity contribution in [2.75, 3.05) is 78.5 Å². The first-order valence-corrected chi connectivity index (χ1v) is 32.0. The van der Waals surface area contributed by atoms with Crippen LogP contribution in [0.3, 0.4) is 0 Å². The van der Waals surface area contributed by atoms with Gasteiger partial charge in [0.05, 0.1) is 52.4 Å². The topological polar surface area (TPSA) is 672 Å². The average Bonchev–Trinajstić information content (AvgIpc) is 1.02. The van der Waals surface area contributed by atoms with E-state index < -0.39 is 189 Å². The number of aliphatic carboxylic acids is 1. The number of carboxylic acids is 1. The van der Waals surface area contributed by atoms with Crippen LogP contribution < -0.4 is 115 Å². The summed E-state index contributed by atoms with van der Waals surface area (Å²) in [5.74, 6) is -14.6. The largest absolute Gasteiger partial charge is 0.508 e. The Morgan fingerprint density at radius 3 is 1.05 bits per heavy atom. The van der Waals surface area contributed by atoms with Gasteiger partial charge in [0.25, 0.3) is 0 Å². The van der Waals surface area contributed by atoms with E-state index in [2.05, 4.69) is 84.4 Å². The zero-order valence-corrected chi connectivity index (χ0v) is 56.2. The number of nitrogens with one attached hydrogen (secondary N) is 14. The number of hydrogen-bond donors (Lipinski definition) is 23. The minimum atomic E-state index is -1.43. The van der Waals surface area contributed by atoms with Gasteiger partial charge in [-0.2, -0.15) is 0 Å². The Morgan fingerprint density at radius 1 is 0.374 bits per heavy atom. The van der Waals surface area contributed by atoms with Crippen molar-refractivity contribution in [3.8, 4) is 5.75 Å². The number of carboxylic acid groups (broad SMARTS) is 1. The number of benzene rings is 1. The van der Waals surface area contributed by atoms with Crippen molar-refractivity contribution < 1.29 is 82.1 Å². The number of nitrogens with zero attached hydrogens (tertiary/aromatic N) is 2. The van der Waals surface area contributed by atoms with Gasteiger partial charge in [0.2, 0.25) is 82.7 Å². The molecule has 0 heterocycles. The van der Waals surface area contributed by atoms with E-state index in [0.29, 0.717) is 37.8 Å². The van der Waals surface area contributed by atoms with Crippen molar-refractivity contribution in [3.05, 3.63) is 29.8 Å². The SMILES string of the molecule is CC(C)[C@H](NC(=O)CNC(=O)[C@H](CCCN=C(N)N)NC(=O)[C@@H](NC(=O)CNC(=O)[C@H](Cc1ccc(O)cc1)NC(=O)CNC(=O)CNC(=O)[C@H](CCCCN)NC(=O)CNC(=O)CNC(=O)[C@H](CCCN=C(N)N)NC(=O)CNC(=O)CN)C(C)C)C(=O)N[C@@H](CCCCN)C(=O)O. The van der Waals surface area contributed by atoms with Crippen LogP contribution in [0.25, 0.3) is 0 Å². The lowest BCUT2D eigenvalue weighted by Crippen LogP contribution is -2.58. The molecule has 0 aliphatic heterocycles. The number of aliphatic imine (C=N–C) groups is 2. The lowest BCUT2D eigenvalue weighted by Gasteiger charge is -2.26. The average molecular weight is 1400 g/mol. The third-order valence-electron chi connectivity index (χ3n) is 14.1. The fraction of sp³-hybridized carbons (Fsp3) is 0.610. The van der Waals surface area contributed by atoms with Gasteiger partial charge in [-0.1, -0.05) is 39.8 Å². The monoisotopic (exact) mass is 1400 g/mol. The zero-order valence-electron chi connectivity index (χ0n) is 56.2. The standard InChI is InChI=1S/C59H101N23O17/c1-32(2)49(55(96)79-38(14-10-22-68-59(65)66)53(94)74-30-47(90)82-50(33(3)4)56(97)80-39(57(98)99)12-6-8-20-61)81-48(91)31-75-54(95)40(23-34-15-17-35(83)18-16-34)78-46(89)29-71-43(86)25-72-51(92)36(11-5-7-19-60)76-45(88)28-70-42(85)26-73-52(93)37(13-9-21-67-58(63)64)77-44(87)27-69-41(84)24-62/h15-18,32-33,36-40,49-50,83H,5-14,19-31,60-62H2,1-4H3,(H,69,84)(H,70,85)(H,71,86)(H,72,92)(H,73,93)(H,74,94)(H,75,95)(H,76,88)(H,77,87)(H,78,89)(H,79,96)(H,80,97)(H,81,91)(H,82,90)(H,98,99)(H4,63,64,67)(H4,65,66,68)/t36-,37-,38-,39-,40-,49-,50-/m0/s1. The van der Waals surface area contributed by atoms with E-state index in [4.69, 9.17) is 40.1 Å². The summed E-state index contributed by atoms with van der Waals surface area (Å²) in [6.45, 7) is 1.96. The summed E-state index contributed by atoms with van der Waals surface area (Å²) in [5, 5.41) is 53.2. The molecule has 0 saturated heterocycles. The number of rotatable bonds is 49. The Hall–Kier alpha value is -10.5. The van der Waals surface area contributed by atoms with Crippen LogP contribution in [0, 0.1) is 11.8 Å². The van der Waals surface area contributed by atoms with E-state index in [-0.39, 0.29) is 88.8 Å².